The van der Waals surface area contributed by atoms with Gasteiger partial charge in [-0.25, -0.2) is 0 Å². The van der Waals surface area contributed by atoms with Gasteiger partial charge in [0.25, 0.3) is 0 Å². The predicted octanol–water partition coefficient (Wildman–Crippen LogP) is 3.71. The van der Waals surface area contributed by atoms with Crippen LogP contribution in [0.15, 0.2) is 60.7 Å². The third kappa shape index (κ3) is 2.66. The molecule has 0 radical (unpaired) electrons. The Kier molecular flexibility index (Phi) is 3.93. The van der Waals surface area contributed by atoms with Crippen molar-refractivity contribution in [2.24, 2.45) is 0 Å². The zero-order valence-electron chi connectivity index (χ0n) is 11.5. The van der Waals surface area contributed by atoms with Crippen molar-refractivity contribution in [1.29, 1.82) is 0 Å². The minimum atomic E-state index is -0.138. The van der Waals surface area contributed by atoms with Crippen LogP contribution in [-0.2, 0) is 0 Å². The molecule has 0 saturated carbocycles. The Morgan fingerprint density at radius 3 is 2.00 bits per heavy atom. The van der Waals surface area contributed by atoms with E-state index < -0.39 is 0 Å². The zero-order chi connectivity index (χ0) is 13.8. The van der Waals surface area contributed by atoms with E-state index in [9.17, 15) is 4.79 Å². The number of hydrogen-bond donors (Lipinski definition) is 0. The fourth-order valence-corrected chi connectivity index (χ4v) is 2.92. The molecule has 2 nitrogen and oxygen atoms in total. The Morgan fingerprint density at radius 1 is 0.850 bits per heavy atom. The van der Waals surface area contributed by atoms with Crippen molar-refractivity contribution in [3.8, 4) is 0 Å². The van der Waals surface area contributed by atoms with Crippen LogP contribution < -0.4 is 0 Å². The van der Waals surface area contributed by atoms with E-state index in [4.69, 9.17) is 0 Å². The molecule has 0 spiro atoms. The highest BCUT2D eigenvalue weighted by Crippen LogP contribution is 2.28. The SMILES string of the molecule is O=C(c1ccccc1)C(c1ccccc1)N1CCCC1. The fraction of sp³-hybridized carbons (Fsp3) is 0.278. The molecule has 0 aromatic heterocycles. The number of likely N-dealkylation sites (tertiary alicyclic amines) is 1. The van der Waals surface area contributed by atoms with Gasteiger partial charge in [-0.1, -0.05) is 60.7 Å². The van der Waals surface area contributed by atoms with E-state index >= 15 is 0 Å². The van der Waals surface area contributed by atoms with Crippen LogP contribution in [0, 0.1) is 0 Å². The molecule has 0 bridgehead atoms. The molecule has 0 N–H and O–H groups in total. The lowest BCUT2D eigenvalue weighted by Crippen LogP contribution is -2.32. The lowest BCUT2D eigenvalue weighted by molar-refractivity contribution is 0.0848. The van der Waals surface area contributed by atoms with Crippen LogP contribution in [0.2, 0.25) is 0 Å². The largest absolute Gasteiger partial charge is 0.292 e. The van der Waals surface area contributed by atoms with Gasteiger partial charge in [0.15, 0.2) is 5.78 Å². The summed E-state index contributed by atoms with van der Waals surface area (Å²) in [6.07, 6.45) is 2.37. The summed E-state index contributed by atoms with van der Waals surface area (Å²) in [5.74, 6) is 0.207. The summed E-state index contributed by atoms with van der Waals surface area (Å²) in [5, 5.41) is 0. The second-order valence-electron chi connectivity index (χ2n) is 5.29. The molecule has 0 aliphatic carbocycles. The van der Waals surface area contributed by atoms with Crippen LogP contribution in [0.5, 0.6) is 0 Å². The van der Waals surface area contributed by atoms with E-state index in [2.05, 4.69) is 17.0 Å². The van der Waals surface area contributed by atoms with Gasteiger partial charge in [-0.05, 0) is 31.5 Å². The summed E-state index contributed by atoms with van der Waals surface area (Å²) < 4.78 is 0. The predicted molar refractivity (Wildman–Crippen MR) is 80.8 cm³/mol. The van der Waals surface area contributed by atoms with E-state index in [1.807, 2.05) is 48.5 Å². The van der Waals surface area contributed by atoms with Gasteiger partial charge in [0.05, 0.1) is 6.04 Å². The normalized spacial score (nSPS) is 17.0. The smallest absolute Gasteiger partial charge is 0.184 e. The minimum absolute atomic E-state index is 0.138. The summed E-state index contributed by atoms with van der Waals surface area (Å²) in [6, 6.07) is 19.6. The Balaban J connectivity index is 1.95. The number of carbonyl (C=O) groups is 1. The average Bonchev–Trinajstić information content (AvgIpc) is 3.03. The highest BCUT2D eigenvalue weighted by molar-refractivity contribution is 6.00. The highest BCUT2D eigenvalue weighted by Gasteiger charge is 2.29. The van der Waals surface area contributed by atoms with Gasteiger partial charge in [0.1, 0.15) is 0 Å². The molecule has 1 heterocycles. The van der Waals surface area contributed by atoms with Gasteiger partial charge in [-0.3, -0.25) is 9.69 Å². The molecular weight excluding hydrogens is 246 g/mol. The van der Waals surface area contributed by atoms with E-state index in [-0.39, 0.29) is 11.8 Å². The van der Waals surface area contributed by atoms with Crippen molar-refractivity contribution in [2.45, 2.75) is 18.9 Å². The average molecular weight is 265 g/mol. The standard InChI is InChI=1S/C18H19NO/c20-18(16-11-5-2-6-12-16)17(19-13-7-8-14-19)15-9-3-1-4-10-15/h1-6,9-12,17H,7-8,13-14H2. The molecule has 0 amide bonds. The van der Waals surface area contributed by atoms with Crippen molar-refractivity contribution < 1.29 is 4.79 Å². The van der Waals surface area contributed by atoms with Crippen molar-refractivity contribution in [3.63, 3.8) is 0 Å². The molecule has 3 rings (SSSR count). The van der Waals surface area contributed by atoms with E-state index in [1.54, 1.807) is 0 Å². The first-order valence-electron chi connectivity index (χ1n) is 7.24. The monoisotopic (exact) mass is 265 g/mol. The third-order valence-electron chi connectivity index (χ3n) is 3.93. The Labute approximate surface area is 120 Å². The molecule has 2 aromatic rings. The van der Waals surface area contributed by atoms with Crippen LogP contribution in [0.3, 0.4) is 0 Å². The summed E-state index contributed by atoms with van der Waals surface area (Å²) in [6.45, 7) is 2.02. The van der Waals surface area contributed by atoms with Crippen molar-refractivity contribution in [2.75, 3.05) is 13.1 Å². The number of hydrogen-bond acceptors (Lipinski definition) is 2. The zero-order valence-corrected chi connectivity index (χ0v) is 11.5. The third-order valence-corrected chi connectivity index (χ3v) is 3.93. The fourth-order valence-electron chi connectivity index (χ4n) is 2.92. The number of ketones is 1. The first kappa shape index (κ1) is 13.1. The molecule has 2 aromatic carbocycles. The molecule has 20 heavy (non-hydrogen) atoms. The quantitative estimate of drug-likeness (QED) is 0.785. The Bertz CT molecular complexity index is 558. The van der Waals surface area contributed by atoms with Gasteiger partial charge >= 0.3 is 0 Å². The van der Waals surface area contributed by atoms with E-state index in [0.29, 0.717) is 0 Å². The second kappa shape index (κ2) is 6.02. The summed E-state index contributed by atoms with van der Waals surface area (Å²) in [5.41, 5.74) is 1.90. The lowest BCUT2D eigenvalue weighted by atomic mass is 9.96. The summed E-state index contributed by atoms with van der Waals surface area (Å²) in [4.78, 5) is 15.2. The molecule has 102 valence electrons. The van der Waals surface area contributed by atoms with Crippen LogP contribution in [0.25, 0.3) is 0 Å². The maximum absolute atomic E-state index is 12.9. The number of rotatable bonds is 4. The maximum Gasteiger partial charge on any atom is 0.184 e. The molecular formula is C18H19NO. The van der Waals surface area contributed by atoms with Crippen molar-refractivity contribution >= 4 is 5.78 Å². The number of Topliss-reactive ketones (excluding diaryl/α,β-unsaturated/α-hetero) is 1. The highest BCUT2D eigenvalue weighted by atomic mass is 16.1. The van der Waals surface area contributed by atoms with Crippen LogP contribution in [-0.4, -0.2) is 23.8 Å². The van der Waals surface area contributed by atoms with E-state index in [0.717, 1.165) is 24.2 Å². The first-order chi connectivity index (χ1) is 9.86. The Morgan fingerprint density at radius 2 is 1.40 bits per heavy atom. The van der Waals surface area contributed by atoms with Crippen LogP contribution >= 0.6 is 0 Å². The van der Waals surface area contributed by atoms with Gasteiger partial charge < -0.3 is 0 Å². The van der Waals surface area contributed by atoms with Crippen LogP contribution in [0.4, 0.5) is 0 Å². The summed E-state index contributed by atoms with van der Waals surface area (Å²) in [7, 11) is 0. The van der Waals surface area contributed by atoms with Gasteiger partial charge in [-0.2, -0.15) is 0 Å². The van der Waals surface area contributed by atoms with Crippen molar-refractivity contribution in [3.05, 3.63) is 71.8 Å². The molecule has 2 heteroatoms. The molecule has 1 aliphatic rings. The van der Waals surface area contributed by atoms with Gasteiger partial charge in [0, 0.05) is 5.56 Å². The minimum Gasteiger partial charge on any atom is -0.292 e. The topological polar surface area (TPSA) is 20.3 Å². The molecule has 1 unspecified atom stereocenters. The molecule has 1 aliphatic heterocycles. The maximum atomic E-state index is 12.9. The molecule has 1 saturated heterocycles. The van der Waals surface area contributed by atoms with E-state index in [1.165, 1.54) is 12.8 Å². The number of carbonyl (C=O) groups excluding carboxylic acids is 1. The van der Waals surface area contributed by atoms with Crippen LogP contribution in [0.1, 0.15) is 34.8 Å². The first-order valence-corrected chi connectivity index (χ1v) is 7.24. The van der Waals surface area contributed by atoms with Gasteiger partial charge in [-0.15, -0.1) is 0 Å². The number of nitrogens with zero attached hydrogens (tertiary/aromatic N) is 1. The lowest BCUT2D eigenvalue weighted by Gasteiger charge is -2.26. The summed E-state index contributed by atoms with van der Waals surface area (Å²) >= 11 is 0. The molecule has 1 fully saturated rings. The molecule has 1 atom stereocenters. The van der Waals surface area contributed by atoms with Crippen molar-refractivity contribution in [1.82, 2.24) is 4.90 Å². The Hall–Kier alpha value is -1.93. The van der Waals surface area contributed by atoms with Gasteiger partial charge in [0.2, 0.25) is 0 Å². The second-order valence-corrected chi connectivity index (χ2v) is 5.29. The number of benzene rings is 2.